The molecule has 0 radical (unpaired) electrons. The van der Waals surface area contributed by atoms with Gasteiger partial charge in [0.05, 0.1) is 12.1 Å². The molecule has 1 aliphatic rings. The molecule has 1 aromatic heterocycles. The highest BCUT2D eigenvalue weighted by molar-refractivity contribution is 5.82. The number of amides is 1. The molecule has 7 heteroatoms. The number of fused-ring (bicyclic) bond motifs is 1. The Morgan fingerprint density at radius 3 is 2.88 bits per heavy atom. The van der Waals surface area contributed by atoms with Crippen LogP contribution < -0.4 is 15.7 Å². The Hall–Kier alpha value is -2.38. The van der Waals surface area contributed by atoms with Gasteiger partial charge < -0.3 is 24.5 Å². The zero-order valence-electron chi connectivity index (χ0n) is 14.3. The highest BCUT2D eigenvalue weighted by Gasteiger charge is 2.30. The Kier molecular flexibility index (Phi) is 5.06. The van der Waals surface area contributed by atoms with Gasteiger partial charge in [-0.15, -0.1) is 0 Å². The Labute approximate surface area is 145 Å². The van der Waals surface area contributed by atoms with E-state index in [2.05, 4.69) is 5.32 Å². The van der Waals surface area contributed by atoms with Crippen LogP contribution >= 0.6 is 0 Å². The van der Waals surface area contributed by atoms with Gasteiger partial charge in [0, 0.05) is 30.6 Å². The first kappa shape index (κ1) is 17.4. The number of aliphatic hydroxyl groups excluding tert-OH is 1. The molecule has 1 fully saturated rings. The van der Waals surface area contributed by atoms with Crippen LogP contribution in [0.1, 0.15) is 12.5 Å². The minimum Gasteiger partial charge on any atom is -0.484 e. The number of β-amino-alcohol motifs (C(OH)–C–C–N with tert-alkyl or cyclic N) is 1. The third kappa shape index (κ3) is 4.00. The molecule has 2 aromatic rings. The molecule has 1 saturated heterocycles. The van der Waals surface area contributed by atoms with Crippen LogP contribution in [0.4, 0.5) is 0 Å². The molecule has 7 nitrogen and oxygen atoms in total. The summed E-state index contributed by atoms with van der Waals surface area (Å²) in [6.07, 6.45) is 0.152. The van der Waals surface area contributed by atoms with E-state index in [0.717, 1.165) is 17.4 Å². The van der Waals surface area contributed by atoms with Crippen molar-refractivity contribution in [3.63, 3.8) is 0 Å². The van der Waals surface area contributed by atoms with Gasteiger partial charge in [-0.25, -0.2) is 4.79 Å². The topological polar surface area (TPSA) is 92.0 Å². The molecule has 0 unspecified atom stereocenters. The first-order valence-electron chi connectivity index (χ1n) is 8.32. The van der Waals surface area contributed by atoms with Crippen molar-refractivity contribution in [2.45, 2.75) is 25.5 Å². The number of carbonyl (C=O) groups is 1. The van der Waals surface area contributed by atoms with Crippen LogP contribution in [-0.4, -0.2) is 54.8 Å². The summed E-state index contributed by atoms with van der Waals surface area (Å²) < 4.78 is 10.7. The number of ether oxygens (including phenoxy) is 1. The second-order valence-electron chi connectivity index (χ2n) is 6.35. The summed E-state index contributed by atoms with van der Waals surface area (Å²) >= 11 is 0. The van der Waals surface area contributed by atoms with Crippen LogP contribution in [-0.2, 0) is 11.2 Å². The van der Waals surface area contributed by atoms with Gasteiger partial charge >= 0.3 is 5.63 Å². The van der Waals surface area contributed by atoms with Crippen LogP contribution in [0.15, 0.2) is 33.5 Å². The first-order chi connectivity index (χ1) is 12.0. The number of aliphatic hydroxyl groups is 1. The zero-order chi connectivity index (χ0) is 18.0. The summed E-state index contributed by atoms with van der Waals surface area (Å²) in [6.45, 7) is 2.94. The molecule has 0 spiro atoms. The molecular weight excluding hydrogens is 324 g/mol. The number of carbonyl (C=O) groups excluding carboxylic acids is 1. The van der Waals surface area contributed by atoms with E-state index in [1.165, 1.54) is 6.07 Å². The van der Waals surface area contributed by atoms with Gasteiger partial charge in [0.2, 0.25) is 0 Å². The van der Waals surface area contributed by atoms with Crippen LogP contribution in [0.3, 0.4) is 0 Å². The second kappa shape index (κ2) is 7.25. The third-order valence-electron chi connectivity index (χ3n) is 4.37. The number of likely N-dealkylation sites (N-methyl/N-ethyl adjacent to an activating group) is 1. The minimum atomic E-state index is -0.573. The molecule has 1 amide bonds. The summed E-state index contributed by atoms with van der Waals surface area (Å²) in [5.74, 6) is 0.145. The fourth-order valence-corrected chi connectivity index (χ4v) is 3.11. The lowest BCUT2D eigenvalue weighted by Crippen LogP contribution is -2.44. The van der Waals surface area contributed by atoms with Crippen molar-refractivity contribution in [2.24, 2.45) is 0 Å². The highest BCUT2D eigenvalue weighted by Crippen LogP contribution is 2.23. The maximum atomic E-state index is 12.0. The van der Waals surface area contributed by atoms with Crippen molar-refractivity contribution in [3.8, 4) is 5.75 Å². The summed E-state index contributed by atoms with van der Waals surface area (Å²) in [6, 6.07) is 6.37. The molecule has 0 aliphatic carbocycles. The highest BCUT2D eigenvalue weighted by atomic mass is 16.5. The molecule has 3 rings (SSSR count). The number of hydrogen-bond acceptors (Lipinski definition) is 6. The molecule has 0 bridgehead atoms. The molecule has 25 heavy (non-hydrogen) atoms. The van der Waals surface area contributed by atoms with Gasteiger partial charge in [-0.05, 0) is 31.2 Å². The Balaban J connectivity index is 1.65. The molecule has 2 atom stereocenters. The summed E-state index contributed by atoms with van der Waals surface area (Å²) in [4.78, 5) is 25.5. The van der Waals surface area contributed by atoms with Gasteiger partial charge in [0.25, 0.3) is 5.91 Å². The number of rotatable bonds is 5. The van der Waals surface area contributed by atoms with E-state index in [1.54, 1.807) is 12.1 Å². The average Bonchev–Trinajstić information content (AvgIpc) is 2.89. The number of hydrogen-bond donors (Lipinski definition) is 2. The third-order valence-corrected chi connectivity index (χ3v) is 4.37. The summed E-state index contributed by atoms with van der Waals surface area (Å²) in [5.41, 5.74) is 0.948. The number of nitrogens with one attached hydrogen (secondary N) is 1. The van der Waals surface area contributed by atoms with E-state index in [-0.39, 0.29) is 18.6 Å². The molecule has 134 valence electrons. The zero-order valence-corrected chi connectivity index (χ0v) is 14.3. The predicted octanol–water partition coefficient (Wildman–Crippen LogP) is 0.525. The monoisotopic (exact) mass is 346 g/mol. The van der Waals surface area contributed by atoms with Crippen LogP contribution in [0, 0.1) is 0 Å². The van der Waals surface area contributed by atoms with E-state index >= 15 is 0 Å². The van der Waals surface area contributed by atoms with Gasteiger partial charge in [-0.3, -0.25) is 4.79 Å². The maximum absolute atomic E-state index is 12.0. The smallest absolute Gasteiger partial charge is 0.336 e. The predicted molar refractivity (Wildman–Crippen MR) is 92.8 cm³/mol. The standard InChI is InChI=1S/C18H22N2O5/c1-3-11-6-18(23)25-16-7-12(4-5-13(11)16)24-10-17(22)19-14-8-20(2)9-15(14)21/h4-7,14-15,21H,3,8-10H2,1-2H3,(H,19,22)/t14-,15-/m1/s1. The molecule has 1 aromatic carbocycles. The molecule has 0 saturated carbocycles. The fraction of sp³-hybridized carbons (Fsp3) is 0.444. The second-order valence-corrected chi connectivity index (χ2v) is 6.35. The molecular formula is C18H22N2O5. The van der Waals surface area contributed by atoms with Crippen molar-refractivity contribution in [1.82, 2.24) is 10.2 Å². The number of likely N-dealkylation sites (tertiary alicyclic amines) is 1. The largest absolute Gasteiger partial charge is 0.484 e. The minimum absolute atomic E-state index is 0.170. The summed E-state index contributed by atoms with van der Waals surface area (Å²) in [7, 11) is 1.89. The van der Waals surface area contributed by atoms with E-state index in [0.29, 0.717) is 24.4 Å². The van der Waals surface area contributed by atoms with Crippen LogP contribution in [0.2, 0.25) is 0 Å². The van der Waals surface area contributed by atoms with Gasteiger partial charge in [0.1, 0.15) is 11.3 Å². The summed E-state index contributed by atoms with van der Waals surface area (Å²) in [5, 5.41) is 13.5. The fourth-order valence-electron chi connectivity index (χ4n) is 3.11. The van der Waals surface area contributed by atoms with E-state index in [4.69, 9.17) is 9.15 Å². The normalized spacial score (nSPS) is 20.8. The van der Waals surface area contributed by atoms with Crippen molar-refractivity contribution < 1.29 is 19.1 Å². The SMILES string of the molecule is CCc1cc(=O)oc2cc(OCC(=O)N[C@@H]3CN(C)C[C@H]3O)ccc12. The van der Waals surface area contributed by atoms with Gasteiger partial charge in [0.15, 0.2) is 6.61 Å². The van der Waals surface area contributed by atoms with E-state index < -0.39 is 11.7 Å². The lowest BCUT2D eigenvalue weighted by atomic mass is 10.1. The van der Waals surface area contributed by atoms with Gasteiger partial charge in [-0.1, -0.05) is 6.92 Å². The Morgan fingerprint density at radius 1 is 1.40 bits per heavy atom. The Morgan fingerprint density at radius 2 is 2.20 bits per heavy atom. The molecule has 1 aliphatic heterocycles. The van der Waals surface area contributed by atoms with Crippen LogP contribution in [0.25, 0.3) is 11.0 Å². The Bertz CT molecular complexity index is 832. The molecule has 2 heterocycles. The van der Waals surface area contributed by atoms with Crippen molar-refractivity contribution >= 4 is 16.9 Å². The lowest BCUT2D eigenvalue weighted by Gasteiger charge is -2.16. The lowest BCUT2D eigenvalue weighted by molar-refractivity contribution is -0.124. The number of nitrogens with zero attached hydrogens (tertiary/aromatic N) is 1. The van der Waals surface area contributed by atoms with Crippen molar-refractivity contribution in [2.75, 3.05) is 26.7 Å². The van der Waals surface area contributed by atoms with E-state index in [1.807, 2.05) is 24.9 Å². The van der Waals surface area contributed by atoms with E-state index in [9.17, 15) is 14.7 Å². The van der Waals surface area contributed by atoms with Gasteiger partial charge in [-0.2, -0.15) is 0 Å². The number of aryl methyl sites for hydroxylation is 1. The quantitative estimate of drug-likeness (QED) is 0.767. The number of benzene rings is 1. The maximum Gasteiger partial charge on any atom is 0.336 e. The molecule has 2 N–H and O–H groups in total. The average molecular weight is 346 g/mol. The van der Waals surface area contributed by atoms with Crippen LogP contribution in [0.5, 0.6) is 5.75 Å². The van der Waals surface area contributed by atoms with Crippen molar-refractivity contribution in [1.29, 1.82) is 0 Å². The first-order valence-corrected chi connectivity index (χ1v) is 8.32. The van der Waals surface area contributed by atoms with Crippen molar-refractivity contribution in [3.05, 3.63) is 40.2 Å².